The van der Waals surface area contributed by atoms with Crippen LogP contribution >= 0.6 is 15.9 Å². The Morgan fingerprint density at radius 1 is 1.43 bits per heavy atom. The van der Waals surface area contributed by atoms with E-state index < -0.39 is 0 Å². The van der Waals surface area contributed by atoms with Crippen molar-refractivity contribution >= 4 is 21.8 Å². The third-order valence-electron chi connectivity index (χ3n) is 4.56. The van der Waals surface area contributed by atoms with Crippen LogP contribution in [0.5, 0.6) is 0 Å². The number of fused-ring (bicyclic) bond motifs is 1. The number of halogens is 1. The van der Waals surface area contributed by atoms with Crippen molar-refractivity contribution in [2.45, 2.75) is 43.5 Å². The molecule has 1 saturated carbocycles. The summed E-state index contributed by atoms with van der Waals surface area (Å²) in [5, 5.41) is 2.92. The van der Waals surface area contributed by atoms with Crippen LogP contribution in [0.4, 0.5) is 0 Å². The molecular formula is C17H22BrNO2. The zero-order valence-electron chi connectivity index (χ0n) is 12.4. The number of hydrogen-bond acceptors (Lipinski definition) is 2. The molecule has 0 aromatic heterocycles. The average Bonchev–Trinajstić information content (AvgIpc) is 2.45. The van der Waals surface area contributed by atoms with Gasteiger partial charge in [-0.25, -0.2) is 0 Å². The smallest absolute Gasteiger partial charge is 0.251 e. The normalized spacial score (nSPS) is 25.7. The molecule has 3 rings (SSSR count). The lowest BCUT2D eigenvalue weighted by Gasteiger charge is -2.36. The van der Waals surface area contributed by atoms with Crippen LogP contribution < -0.4 is 5.32 Å². The number of carbonyl (C=O) groups is 1. The van der Waals surface area contributed by atoms with E-state index in [0.717, 1.165) is 37.5 Å². The molecule has 1 heterocycles. The van der Waals surface area contributed by atoms with Crippen molar-refractivity contribution in [1.82, 2.24) is 5.32 Å². The monoisotopic (exact) mass is 351 g/mol. The van der Waals surface area contributed by atoms with E-state index in [-0.39, 0.29) is 5.91 Å². The summed E-state index contributed by atoms with van der Waals surface area (Å²) in [7, 11) is 0. The molecule has 1 amide bonds. The molecule has 0 bridgehead atoms. The molecule has 0 spiro atoms. The first-order valence-electron chi connectivity index (χ1n) is 7.84. The maximum absolute atomic E-state index is 11.9. The van der Waals surface area contributed by atoms with E-state index in [1.54, 1.807) is 0 Å². The first kappa shape index (κ1) is 15.0. The van der Waals surface area contributed by atoms with Crippen LogP contribution in [-0.2, 0) is 11.2 Å². The molecular weight excluding hydrogens is 330 g/mol. The first-order valence-corrected chi connectivity index (χ1v) is 8.75. The number of benzene rings is 1. The van der Waals surface area contributed by atoms with Gasteiger partial charge < -0.3 is 10.1 Å². The number of rotatable bonds is 5. The van der Waals surface area contributed by atoms with Crippen LogP contribution in [0.2, 0.25) is 0 Å². The van der Waals surface area contributed by atoms with Gasteiger partial charge in [-0.05, 0) is 55.7 Å². The second-order valence-corrected chi connectivity index (χ2v) is 7.15. The molecule has 21 heavy (non-hydrogen) atoms. The van der Waals surface area contributed by atoms with Gasteiger partial charge in [-0.3, -0.25) is 4.79 Å². The van der Waals surface area contributed by atoms with Crippen molar-refractivity contribution in [2.24, 2.45) is 5.92 Å². The molecule has 1 aliphatic carbocycles. The lowest BCUT2D eigenvalue weighted by atomic mass is 9.78. The van der Waals surface area contributed by atoms with Gasteiger partial charge in [0.05, 0.1) is 6.10 Å². The molecule has 3 nitrogen and oxygen atoms in total. The molecule has 2 aliphatic rings. The highest BCUT2D eigenvalue weighted by atomic mass is 79.9. The second-order valence-electron chi connectivity index (χ2n) is 6.04. The average molecular weight is 352 g/mol. The summed E-state index contributed by atoms with van der Waals surface area (Å²) in [5.74, 6) is 0.800. The molecule has 1 N–H and O–H groups in total. The van der Waals surface area contributed by atoms with Gasteiger partial charge in [0, 0.05) is 23.5 Å². The van der Waals surface area contributed by atoms with Gasteiger partial charge in [0.25, 0.3) is 5.91 Å². The van der Waals surface area contributed by atoms with Crippen LogP contribution in [0.3, 0.4) is 0 Å². The molecule has 1 aromatic rings. The Morgan fingerprint density at radius 2 is 2.24 bits per heavy atom. The third-order valence-corrected chi connectivity index (χ3v) is 5.46. The van der Waals surface area contributed by atoms with E-state index in [2.05, 4.69) is 46.4 Å². The predicted octanol–water partition coefficient (Wildman–Crippen LogP) is 3.61. The Morgan fingerprint density at radius 3 is 3.00 bits per heavy atom. The Balaban J connectivity index is 1.62. The predicted molar refractivity (Wildman–Crippen MR) is 86.9 cm³/mol. The summed E-state index contributed by atoms with van der Waals surface area (Å²) in [6, 6.07) is 6.33. The second kappa shape index (κ2) is 6.49. The fourth-order valence-electron chi connectivity index (χ4n) is 3.29. The molecule has 1 atom stereocenters. The zero-order valence-corrected chi connectivity index (χ0v) is 14.0. The van der Waals surface area contributed by atoms with Gasteiger partial charge in [0.1, 0.15) is 0 Å². The minimum atomic E-state index is 0.0675. The highest BCUT2D eigenvalue weighted by molar-refractivity contribution is 9.09. The van der Waals surface area contributed by atoms with E-state index in [9.17, 15) is 4.79 Å². The molecule has 4 heteroatoms. The Hall–Kier alpha value is -0.870. The summed E-state index contributed by atoms with van der Waals surface area (Å²) >= 11 is 3.80. The maximum Gasteiger partial charge on any atom is 0.251 e. The van der Waals surface area contributed by atoms with Crippen molar-refractivity contribution in [3.8, 4) is 0 Å². The van der Waals surface area contributed by atoms with E-state index in [4.69, 9.17) is 4.74 Å². The Labute approximate surface area is 134 Å². The Kier molecular flexibility index (Phi) is 4.65. The van der Waals surface area contributed by atoms with Crippen molar-refractivity contribution in [1.29, 1.82) is 0 Å². The minimum absolute atomic E-state index is 0.0675. The fourth-order valence-corrected chi connectivity index (χ4v) is 4.11. The van der Waals surface area contributed by atoms with E-state index in [1.807, 2.05) is 0 Å². The third kappa shape index (κ3) is 3.32. The highest BCUT2D eigenvalue weighted by Crippen LogP contribution is 2.40. The van der Waals surface area contributed by atoms with Gasteiger partial charge in [-0.1, -0.05) is 28.1 Å². The molecule has 1 fully saturated rings. The Bertz CT molecular complexity index is 526. The molecule has 1 aliphatic heterocycles. The first-order chi connectivity index (χ1) is 10.2. The summed E-state index contributed by atoms with van der Waals surface area (Å²) in [4.78, 5) is 12.2. The molecule has 0 saturated heterocycles. The van der Waals surface area contributed by atoms with E-state index >= 15 is 0 Å². The van der Waals surface area contributed by atoms with Crippen LogP contribution in [0.15, 0.2) is 18.2 Å². The zero-order chi connectivity index (χ0) is 14.8. The number of carbonyl (C=O) groups excluding carboxylic acids is 1. The van der Waals surface area contributed by atoms with Gasteiger partial charge in [-0.15, -0.1) is 0 Å². The summed E-state index contributed by atoms with van der Waals surface area (Å²) in [6.45, 7) is 3.62. The molecule has 1 unspecified atom stereocenters. The van der Waals surface area contributed by atoms with Crippen molar-refractivity contribution < 1.29 is 9.53 Å². The summed E-state index contributed by atoms with van der Waals surface area (Å²) in [5.41, 5.74) is 3.23. The van der Waals surface area contributed by atoms with Gasteiger partial charge in [0.2, 0.25) is 0 Å². The van der Waals surface area contributed by atoms with Crippen LogP contribution in [0.25, 0.3) is 0 Å². The molecule has 0 radical (unpaired) electrons. The van der Waals surface area contributed by atoms with Gasteiger partial charge in [0.15, 0.2) is 0 Å². The lowest BCUT2D eigenvalue weighted by molar-refractivity contribution is -0.0264. The number of nitrogens with one attached hydrogen (secondary N) is 1. The van der Waals surface area contributed by atoms with Crippen molar-refractivity contribution in [3.63, 3.8) is 0 Å². The molecule has 114 valence electrons. The lowest BCUT2D eigenvalue weighted by Crippen LogP contribution is -2.32. The largest absolute Gasteiger partial charge is 0.378 e. The van der Waals surface area contributed by atoms with Crippen molar-refractivity contribution in [2.75, 3.05) is 13.2 Å². The number of ether oxygens (including phenoxy) is 1. The topological polar surface area (TPSA) is 38.3 Å². The SMILES string of the molecule is CCOC1CC(CC(Br)c2ccc3c(c2)C(=O)NCC3)C1. The van der Waals surface area contributed by atoms with Crippen LogP contribution in [0, 0.1) is 5.92 Å². The molecule has 1 aromatic carbocycles. The van der Waals surface area contributed by atoms with Crippen LogP contribution in [0.1, 0.15) is 52.5 Å². The van der Waals surface area contributed by atoms with E-state index in [0.29, 0.717) is 10.9 Å². The maximum atomic E-state index is 11.9. The van der Waals surface area contributed by atoms with E-state index in [1.165, 1.54) is 24.0 Å². The summed E-state index contributed by atoms with van der Waals surface area (Å²) in [6.07, 6.45) is 4.86. The van der Waals surface area contributed by atoms with Crippen LogP contribution in [-0.4, -0.2) is 25.2 Å². The summed E-state index contributed by atoms with van der Waals surface area (Å²) < 4.78 is 5.62. The highest BCUT2D eigenvalue weighted by Gasteiger charge is 2.31. The van der Waals surface area contributed by atoms with Crippen molar-refractivity contribution in [3.05, 3.63) is 34.9 Å². The standard InChI is InChI=1S/C17H22BrNO2/c1-2-21-14-7-11(8-14)9-16(18)13-4-3-12-5-6-19-17(20)15(12)10-13/h3-4,10-11,14,16H,2,5-9H2,1H3,(H,19,20). The van der Waals surface area contributed by atoms with Gasteiger partial charge >= 0.3 is 0 Å². The number of amides is 1. The fraction of sp³-hybridized carbons (Fsp3) is 0.588. The number of hydrogen-bond donors (Lipinski definition) is 1. The number of alkyl halides is 1. The van der Waals surface area contributed by atoms with Gasteiger partial charge in [-0.2, -0.15) is 0 Å². The quantitative estimate of drug-likeness (QED) is 0.822. The minimum Gasteiger partial charge on any atom is -0.378 e.